The Morgan fingerprint density at radius 2 is 1.89 bits per heavy atom. The van der Waals surface area contributed by atoms with Crippen molar-refractivity contribution >= 4 is 5.91 Å². The fraction of sp³-hybridized carbons (Fsp3) is 0.696. The third kappa shape index (κ3) is 6.87. The van der Waals surface area contributed by atoms with Crippen molar-refractivity contribution in [3.63, 3.8) is 0 Å². The minimum atomic E-state index is 0.0877. The molecule has 0 spiro atoms. The van der Waals surface area contributed by atoms with Crippen LogP contribution >= 0.6 is 0 Å². The lowest BCUT2D eigenvalue weighted by Crippen LogP contribution is -2.49. The molecule has 3 rings (SSSR count). The van der Waals surface area contributed by atoms with Crippen LogP contribution in [-0.4, -0.2) is 68.1 Å². The highest BCUT2D eigenvalue weighted by atomic mass is 16.5. The molecule has 156 valence electrons. The Morgan fingerprint density at radius 3 is 2.64 bits per heavy atom. The number of nitrogens with zero attached hydrogens (tertiary/aromatic N) is 2. The molecule has 2 fully saturated rings. The van der Waals surface area contributed by atoms with Gasteiger partial charge in [0.2, 0.25) is 5.91 Å². The molecular formula is C23H37N3O2. The summed E-state index contributed by atoms with van der Waals surface area (Å²) >= 11 is 0. The van der Waals surface area contributed by atoms with Gasteiger partial charge in [0.15, 0.2) is 0 Å². The number of likely N-dealkylation sites (tertiary alicyclic amines) is 2. The van der Waals surface area contributed by atoms with Gasteiger partial charge in [-0.3, -0.25) is 9.69 Å². The Bertz CT molecular complexity index is 572. The monoisotopic (exact) mass is 387 g/mol. The molecule has 5 nitrogen and oxygen atoms in total. The summed E-state index contributed by atoms with van der Waals surface area (Å²) in [4.78, 5) is 17.2. The van der Waals surface area contributed by atoms with Gasteiger partial charge < -0.3 is 15.0 Å². The second-order valence-corrected chi connectivity index (χ2v) is 8.41. The van der Waals surface area contributed by atoms with E-state index in [1.807, 2.05) is 6.07 Å². The van der Waals surface area contributed by atoms with E-state index in [9.17, 15) is 4.79 Å². The smallest absolute Gasteiger partial charge is 0.237 e. The van der Waals surface area contributed by atoms with Gasteiger partial charge in [-0.2, -0.15) is 0 Å². The number of carbonyl (C=O) groups excluding carboxylic acids is 1. The van der Waals surface area contributed by atoms with Gasteiger partial charge >= 0.3 is 0 Å². The summed E-state index contributed by atoms with van der Waals surface area (Å²) in [5.74, 6) is 0.864. The molecule has 5 heteroatoms. The molecule has 1 atom stereocenters. The fourth-order valence-electron chi connectivity index (χ4n) is 4.34. The minimum absolute atomic E-state index is 0.0877. The molecule has 1 unspecified atom stereocenters. The SMILES string of the molecule is CN1CCCCC1C(=O)NCC1CCN(CCCOCc2ccccc2)CC1. The molecule has 1 amide bonds. The summed E-state index contributed by atoms with van der Waals surface area (Å²) in [6.45, 7) is 6.81. The average molecular weight is 388 g/mol. The van der Waals surface area contributed by atoms with E-state index >= 15 is 0 Å². The highest BCUT2D eigenvalue weighted by molar-refractivity contribution is 5.81. The van der Waals surface area contributed by atoms with Crippen LogP contribution in [0.25, 0.3) is 0 Å². The van der Waals surface area contributed by atoms with Crippen molar-refractivity contribution in [1.82, 2.24) is 15.1 Å². The highest BCUT2D eigenvalue weighted by Gasteiger charge is 2.26. The van der Waals surface area contributed by atoms with E-state index in [1.165, 1.54) is 31.2 Å². The zero-order valence-electron chi connectivity index (χ0n) is 17.4. The summed E-state index contributed by atoms with van der Waals surface area (Å²) < 4.78 is 5.78. The molecule has 0 bridgehead atoms. The van der Waals surface area contributed by atoms with Gasteiger partial charge in [-0.05, 0) is 70.3 Å². The summed E-state index contributed by atoms with van der Waals surface area (Å²) in [6.07, 6.45) is 6.86. The largest absolute Gasteiger partial charge is 0.377 e. The van der Waals surface area contributed by atoms with Gasteiger partial charge in [-0.15, -0.1) is 0 Å². The molecule has 28 heavy (non-hydrogen) atoms. The van der Waals surface area contributed by atoms with Crippen LogP contribution in [0.1, 0.15) is 44.1 Å². The van der Waals surface area contributed by atoms with Crippen LogP contribution in [0, 0.1) is 5.92 Å². The number of ether oxygens (including phenoxy) is 1. The van der Waals surface area contributed by atoms with Gasteiger partial charge in [0, 0.05) is 19.7 Å². The Hall–Kier alpha value is -1.43. The van der Waals surface area contributed by atoms with Crippen molar-refractivity contribution < 1.29 is 9.53 Å². The molecule has 2 aliphatic heterocycles. The van der Waals surface area contributed by atoms with Crippen LogP contribution in [0.3, 0.4) is 0 Å². The second kappa shape index (κ2) is 11.5. The zero-order chi connectivity index (χ0) is 19.6. The predicted octanol–water partition coefficient (Wildman–Crippen LogP) is 2.91. The molecule has 0 saturated carbocycles. The Kier molecular flexibility index (Phi) is 8.77. The number of carbonyl (C=O) groups is 1. The van der Waals surface area contributed by atoms with Crippen molar-refractivity contribution in [2.45, 2.75) is 51.2 Å². The van der Waals surface area contributed by atoms with Crippen molar-refractivity contribution in [3.8, 4) is 0 Å². The lowest BCUT2D eigenvalue weighted by molar-refractivity contribution is -0.127. The molecule has 2 heterocycles. The maximum atomic E-state index is 12.4. The van der Waals surface area contributed by atoms with E-state index in [0.29, 0.717) is 12.5 Å². The van der Waals surface area contributed by atoms with Gasteiger partial charge in [-0.25, -0.2) is 0 Å². The number of rotatable bonds is 9. The van der Waals surface area contributed by atoms with Crippen LogP contribution in [0.2, 0.25) is 0 Å². The topological polar surface area (TPSA) is 44.8 Å². The van der Waals surface area contributed by atoms with Crippen LogP contribution in [0.15, 0.2) is 30.3 Å². The molecule has 1 N–H and O–H groups in total. The average Bonchev–Trinajstić information content (AvgIpc) is 2.74. The fourth-order valence-corrected chi connectivity index (χ4v) is 4.34. The van der Waals surface area contributed by atoms with Crippen molar-refractivity contribution in [2.75, 3.05) is 46.4 Å². The number of nitrogens with one attached hydrogen (secondary N) is 1. The van der Waals surface area contributed by atoms with Crippen molar-refractivity contribution in [3.05, 3.63) is 35.9 Å². The van der Waals surface area contributed by atoms with Gasteiger partial charge in [0.05, 0.1) is 12.6 Å². The number of benzene rings is 1. The van der Waals surface area contributed by atoms with Crippen molar-refractivity contribution in [1.29, 1.82) is 0 Å². The highest BCUT2D eigenvalue weighted by Crippen LogP contribution is 2.18. The third-order valence-corrected chi connectivity index (χ3v) is 6.22. The summed E-state index contributed by atoms with van der Waals surface area (Å²) in [6, 6.07) is 10.4. The van der Waals surface area contributed by atoms with E-state index < -0.39 is 0 Å². The van der Waals surface area contributed by atoms with E-state index in [4.69, 9.17) is 4.74 Å². The van der Waals surface area contributed by atoms with Gasteiger partial charge in [0.25, 0.3) is 0 Å². The Morgan fingerprint density at radius 1 is 1.11 bits per heavy atom. The van der Waals surface area contributed by atoms with Gasteiger partial charge in [-0.1, -0.05) is 36.8 Å². The first kappa shape index (κ1) is 21.3. The first-order valence-corrected chi connectivity index (χ1v) is 11.0. The van der Waals surface area contributed by atoms with Gasteiger partial charge in [0.1, 0.15) is 0 Å². The molecule has 1 aromatic rings. The summed E-state index contributed by atoms with van der Waals surface area (Å²) in [7, 11) is 2.07. The van der Waals surface area contributed by atoms with Crippen LogP contribution < -0.4 is 5.32 Å². The molecule has 0 radical (unpaired) electrons. The maximum Gasteiger partial charge on any atom is 0.237 e. The lowest BCUT2D eigenvalue weighted by Gasteiger charge is -2.34. The molecule has 2 saturated heterocycles. The quantitative estimate of drug-likeness (QED) is 0.662. The second-order valence-electron chi connectivity index (χ2n) is 8.41. The number of likely N-dealkylation sites (N-methyl/N-ethyl adjacent to an activating group) is 1. The lowest BCUT2D eigenvalue weighted by atomic mass is 9.96. The molecule has 0 aliphatic carbocycles. The minimum Gasteiger partial charge on any atom is -0.377 e. The summed E-state index contributed by atoms with van der Waals surface area (Å²) in [5.41, 5.74) is 1.24. The van der Waals surface area contributed by atoms with Crippen LogP contribution in [0.5, 0.6) is 0 Å². The van der Waals surface area contributed by atoms with E-state index in [1.54, 1.807) is 0 Å². The number of piperidine rings is 2. The molecule has 2 aliphatic rings. The molecule has 1 aromatic carbocycles. The molecular weight excluding hydrogens is 350 g/mol. The third-order valence-electron chi connectivity index (χ3n) is 6.22. The Labute approximate surface area is 170 Å². The molecule has 0 aromatic heterocycles. The normalized spacial score (nSPS) is 22.2. The first-order chi connectivity index (χ1) is 13.7. The Balaban J connectivity index is 1.23. The van der Waals surface area contributed by atoms with E-state index in [0.717, 1.165) is 52.2 Å². The number of amides is 1. The zero-order valence-corrected chi connectivity index (χ0v) is 17.4. The van der Waals surface area contributed by atoms with Crippen LogP contribution in [0.4, 0.5) is 0 Å². The van der Waals surface area contributed by atoms with Crippen molar-refractivity contribution in [2.24, 2.45) is 5.92 Å². The van der Waals surface area contributed by atoms with E-state index in [-0.39, 0.29) is 11.9 Å². The maximum absolute atomic E-state index is 12.4. The number of hydrogen-bond acceptors (Lipinski definition) is 4. The van der Waals surface area contributed by atoms with E-state index in [2.05, 4.69) is 46.4 Å². The number of hydrogen-bond donors (Lipinski definition) is 1. The standard InChI is InChI=1S/C23H37N3O2/c1-25-13-6-5-10-22(25)23(27)24-18-20-11-15-26(16-12-20)14-7-17-28-19-21-8-3-2-4-9-21/h2-4,8-9,20,22H,5-7,10-19H2,1H3,(H,24,27). The first-order valence-electron chi connectivity index (χ1n) is 11.0. The predicted molar refractivity (Wildman–Crippen MR) is 113 cm³/mol. The van der Waals surface area contributed by atoms with Crippen LogP contribution in [-0.2, 0) is 16.1 Å². The summed E-state index contributed by atoms with van der Waals surface area (Å²) in [5, 5.41) is 3.22.